The Balaban J connectivity index is 1.72. The van der Waals surface area contributed by atoms with Crippen molar-refractivity contribution in [1.29, 1.82) is 0 Å². The van der Waals surface area contributed by atoms with Crippen LogP contribution in [0.25, 0.3) is 6.08 Å². The topological polar surface area (TPSA) is 29.5 Å². The zero-order valence-electron chi connectivity index (χ0n) is 12.9. The van der Waals surface area contributed by atoms with E-state index in [-0.39, 0.29) is 18.8 Å². The zero-order chi connectivity index (χ0) is 16.1. The first kappa shape index (κ1) is 16.3. The van der Waals surface area contributed by atoms with Gasteiger partial charge in [0, 0.05) is 5.02 Å². The smallest absolute Gasteiger partial charge is 0.0835 e. The third kappa shape index (κ3) is 4.44. The highest BCUT2D eigenvalue weighted by atomic mass is 35.5. The fraction of sp³-hybridized carbons (Fsp3) is 0.300. The van der Waals surface area contributed by atoms with E-state index in [1.807, 2.05) is 42.5 Å². The van der Waals surface area contributed by atoms with Gasteiger partial charge in [0.05, 0.1) is 18.8 Å². The third-order valence-corrected chi connectivity index (χ3v) is 4.50. The summed E-state index contributed by atoms with van der Waals surface area (Å²) in [5, 5.41) is 10.3. The highest BCUT2D eigenvalue weighted by molar-refractivity contribution is 6.30. The van der Waals surface area contributed by atoms with Gasteiger partial charge in [0.2, 0.25) is 0 Å². The molecule has 0 amide bonds. The standard InChI is InChI=1S/C20H21ClO2/c21-18-10-8-15(9-11-18)6-7-16-12-19(14-22)23-20(13-16)17-4-2-1-3-5-17/h1-11,16,19-20,22H,12-14H2/b7-6+/t16-,19+,20-/m1/s1. The van der Waals surface area contributed by atoms with Crippen molar-refractivity contribution < 1.29 is 9.84 Å². The minimum absolute atomic E-state index is 0.0435. The van der Waals surface area contributed by atoms with E-state index in [4.69, 9.17) is 16.3 Å². The van der Waals surface area contributed by atoms with Crippen molar-refractivity contribution >= 4 is 17.7 Å². The van der Waals surface area contributed by atoms with Gasteiger partial charge in [-0.25, -0.2) is 0 Å². The zero-order valence-corrected chi connectivity index (χ0v) is 13.7. The Kier molecular flexibility index (Phi) is 5.50. The Labute approximate surface area is 142 Å². The molecule has 1 heterocycles. The Bertz CT molecular complexity index is 636. The number of aliphatic hydroxyl groups excluding tert-OH is 1. The molecular weight excluding hydrogens is 308 g/mol. The first-order valence-electron chi connectivity index (χ1n) is 7.99. The van der Waals surface area contributed by atoms with Gasteiger partial charge in [0.15, 0.2) is 0 Å². The van der Waals surface area contributed by atoms with Crippen LogP contribution in [0.1, 0.15) is 30.1 Å². The summed E-state index contributed by atoms with van der Waals surface area (Å²) < 4.78 is 6.02. The monoisotopic (exact) mass is 328 g/mol. The van der Waals surface area contributed by atoms with Crippen molar-refractivity contribution in [2.75, 3.05) is 6.61 Å². The second-order valence-corrected chi connectivity index (χ2v) is 6.42. The molecule has 0 saturated carbocycles. The fourth-order valence-corrected chi connectivity index (χ4v) is 3.16. The molecule has 3 heteroatoms. The molecule has 3 rings (SSSR count). The van der Waals surface area contributed by atoms with E-state index in [9.17, 15) is 5.11 Å². The molecule has 120 valence electrons. The lowest BCUT2D eigenvalue weighted by molar-refractivity contribution is -0.0857. The van der Waals surface area contributed by atoms with E-state index in [2.05, 4.69) is 24.3 Å². The van der Waals surface area contributed by atoms with E-state index >= 15 is 0 Å². The SMILES string of the molecule is OC[C@@H]1C[C@@H](/C=C/c2ccc(Cl)cc2)C[C@H](c2ccccc2)O1. The molecule has 2 nitrogen and oxygen atoms in total. The van der Waals surface area contributed by atoms with Crippen LogP contribution in [0.15, 0.2) is 60.7 Å². The van der Waals surface area contributed by atoms with Crippen LogP contribution in [-0.2, 0) is 4.74 Å². The highest BCUT2D eigenvalue weighted by Crippen LogP contribution is 2.35. The van der Waals surface area contributed by atoms with Crippen LogP contribution in [0, 0.1) is 5.92 Å². The van der Waals surface area contributed by atoms with Crippen LogP contribution in [-0.4, -0.2) is 17.8 Å². The normalized spacial score (nSPS) is 24.9. The van der Waals surface area contributed by atoms with Gasteiger partial charge in [0.25, 0.3) is 0 Å². The second-order valence-electron chi connectivity index (χ2n) is 5.98. The predicted octanol–water partition coefficient (Wildman–Crippen LogP) is 4.88. The van der Waals surface area contributed by atoms with Gasteiger partial charge in [-0.15, -0.1) is 0 Å². The molecule has 0 bridgehead atoms. The number of allylic oxidation sites excluding steroid dienone is 1. The molecule has 1 saturated heterocycles. The van der Waals surface area contributed by atoms with Crippen molar-refractivity contribution in [1.82, 2.24) is 0 Å². The summed E-state index contributed by atoms with van der Waals surface area (Å²) in [4.78, 5) is 0. The van der Waals surface area contributed by atoms with Gasteiger partial charge >= 0.3 is 0 Å². The van der Waals surface area contributed by atoms with E-state index in [1.54, 1.807) is 0 Å². The number of benzene rings is 2. The van der Waals surface area contributed by atoms with Crippen LogP contribution in [0.3, 0.4) is 0 Å². The Hall–Kier alpha value is -1.61. The van der Waals surface area contributed by atoms with Crippen molar-refractivity contribution in [2.45, 2.75) is 25.0 Å². The van der Waals surface area contributed by atoms with Crippen LogP contribution >= 0.6 is 11.6 Å². The number of aliphatic hydroxyl groups is 1. The van der Waals surface area contributed by atoms with E-state index < -0.39 is 0 Å². The highest BCUT2D eigenvalue weighted by Gasteiger charge is 2.28. The van der Waals surface area contributed by atoms with Crippen molar-refractivity contribution in [3.05, 3.63) is 76.8 Å². The summed E-state index contributed by atoms with van der Waals surface area (Å²) in [6.07, 6.45) is 6.08. The van der Waals surface area contributed by atoms with Gasteiger partial charge in [-0.05, 0) is 42.0 Å². The van der Waals surface area contributed by atoms with Crippen molar-refractivity contribution in [2.24, 2.45) is 5.92 Å². The fourth-order valence-electron chi connectivity index (χ4n) is 3.03. The molecule has 2 aromatic carbocycles. The van der Waals surface area contributed by atoms with Gasteiger partial charge in [-0.2, -0.15) is 0 Å². The maximum atomic E-state index is 9.53. The lowest BCUT2D eigenvalue weighted by Crippen LogP contribution is -2.30. The molecule has 0 spiro atoms. The molecule has 1 aliphatic rings. The molecule has 3 atom stereocenters. The minimum atomic E-state index is -0.103. The summed E-state index contributed by atoms with van der Waals surface area (Å²) >= 11 is 5.92. The molecule has 1 aliphatic heterocycles. The molecule has 0 aromatic heterocycles. The van der Waals surface area contributed by atoms with E-state index in [0.717, 1.165) is 23.4 Å². The van der Waals surface area contributed by atoms with Crippen molar-refractivity contribution in [3.63, 3.8) is 0 Å². The molecule has 23 heavy (non-hydrogen) atoms. The summed E-state index contributed by atoms with van der Waals surface area (Å²) in [7, 11) is 0. The lowest BCUT2D eigenvalue weighted by Gasteiger charge is -2.33. The van der Waals surface area contributed by atoms with Gasteiger partial charge < -0.3 is 9.84 Å². The number of hydrogen-bond donors (Lipinski definition) is 1. The summed E-state index contributed by atoms with van der Waals surface area (Å²) in [5.41, 5.74) is 2.31. The Morgan fingerprint density at radius 3 is 2.48 bits per heavy atom. The molecule has 0 radical (unpaired) electrons. The average molecular weight is 329 g/mol. The molecule has 1 fully saturated rings. The largest absolute Gasteiger partial charge is 0.394 e. The maximum Gasteiger partial charge on any atom is 0.0835 e. The van der Waals surface area contributed by atoms with Crippen LogP contribution < -0.4 is 0 Å². The van der Waals surface area contributed by atoms with E-state index in [0.29, 0.717) is 5.92 Å². The first-order chi connectivity index (χ1) is 11.2. The van der Waals surface area contributed by atoms with Gasteiger partial charge in [0.1, 0.15) is 0 Å². The molecule has 0 unspecified atom stereocenters. The lowest BCUT2D eigenvalue weighted by atomic mass is 9.88. The number of rotatable bonds is 4. The Morgan fingerprint density at radius 1 is 1.04 bits per heavy atom. The quantitative estimate of drug-likeness (QED) is 0.866. The van der Waals surface area contributed by atoms with Crippen molar-refractivity contribution in [3.8, 4) is 0 Å². The van der Waals surface area contributed by atoms with Crippen LogP contribution in [0.5, 0.6) is 0 Å². The van der Waals surface area contributed by atoms with Gasteiger partial charge in [-0.1, -0.05) is 66.2 Å². The molecule has 1 N–H and O–H groups in total. The number of halogens is 1. The van der Waals surface area contributed by atoms with Gasteiger partial charge in [-0.3, -0.25) is 0 Å². The predicted molar refractivity (Wildman–Crippen MR) is 94.4 cm³/mol. The van der Waals surface area contributed by atoms with Crippen LogP contribution in [0.4, 0.5) is 0 Å². The minimum Gasteiger partial charge on any atom is -0.394 e. The molecular formula is C20H21ClO2. The summed E-state index contributed by atoms with van der Waals surface area (Å²) in [5.74, 6) is 0.391. The second kappa shape index (κ2) is 7.78. The third-order valence-electron chi connectivity index (χ3n) is 4.25. The van der Waals surface area contributed by atoms with Crippen LogP contribution in [0.2, 0.25) is 5.02 Å². The summed E-state index contributed by atoms with van der Waals surface area (Å²) in [6.45, 7) is 0.0641. The number of hydrogen-bond acceptors (Lipinski definition) is 2. The molecule has 0 aliphatic carbocycles. The number of ether oxygens (including phenoxy) is 1. The Morgan fingerprint density at radius 2 is 1.78 bits per heavy atom. The van der Waals surface area contributed by atoms with E-state index in [1.165, 1.54) is 5.56 Å². The maximum absolute atomic E-state index is 9.53. The average Bonchev–Trinajstić information content (AvgIpc) is 2.61. The molecule has 2 aromatic rings. The first-order valence-corrected chi connectivity index (χ1v) is 8.37. The summed E-state index contributed by atoms with van der Waals surface area (Å²) in [6, 6.07) is 18.1.